The van der Waals surface area contributed by atoms with E-state index in [9.17, 15) is 9.59 Å². The Morgan fingerprint density at radius 3 is 2.59 bits per heavy atom. The molecule has 0 aliphatic rings. The number of nitrogens with zero attached hydrogens (tertiary/aromatic N) is 2. The quantitative estimate of drug-likeness (QED) is 0.880. The maximum Gasteiger partial charge on any atom is 0.331 e. The number of rotatable bonds is 5. The van der Waals surface area contributed by atoms with E-state index in [1.807, 2.05) is 0 Å². The fourth-order valence-corrected chi connectivity index (χ4v) is 1.82. The highest BCUT2D eigenvalue weighted by molar-refractivity contribution is 6.05. The number of nitrogens with one attached hydrogen (secondary N) is 1. The SMILES string of the molecule is COc1ccccc1C(=O)Nc1ccn(C(C)(C)C(=O)O)n1. The predicted molar refractivity (Wildman–Crippen MR) is 80.1 cm³/mol. The van der Waals surface area contributed by atoms with Crippen LogP contribution in [0.1, 0.15) is 24.2 Å². The van der Waals surface area contributed by atoms with Crippen molar-refractivity contribution < 1.29 is 19.4 Å². The zero-order valence-corrected chi connectivity index (χ0v) is 12.5. The first-order chi connectivity index (χ1) is 10.4. The van der Waals surface area contributed by atoms with Gasteiger partial charge in [-0.2, -0.15) is 5.10 Å². The van der Waals surface area contributed by atoms with Crippen molar-refractivity contribution in [3.8, 4) is 5.75 Å². The van der Waals surface area contributed by atoms with Crippen molar-refractivity contribution in [1.29, 1.82) is 0 Å². The zero-order valence-electron chi connectivity index (χ0n) is 12.5. The lowest BCUT2D eigenvalue weighted by atomic mass is 10.1. The first-order valence-electron chi connectivity index (χ1n) is 6.60. The zero-order chi connectivity index (χ0) is 16.3. The minimum atomic E-state index is -1.20. The Morgan fingerprint density at radius 2 is 1.95 bits per heavy atom. The smallest absolute Gasteiger partial charge is 0.331 e. The molecule has 22 heavy (non-hydrogen) atoms. The van der Waals surface area contributed by atoms with Crippen LogP contribution >= 0.6 is 0 Å². The fourth-order valence-electron chi connectivity index (χ4n) is 1.82. The Kier molecular flexibility index (Phi) is 4.16. The van der Waals surface area contributed by atoms with Crippen LogP contribution in [0.15, 0.2) is 36.5 Å². The van der Waals surface area contributed by atoms with E-state index in [1.165, 1.54) is 37.9 Å². The molecule has 116 valence electrons. The molecule has 0 saturated heterocycles. The number of carboxylic acid groups (broad SMARTS) is 1. The Bertz CT molecular complexity index is 706. The number of anilines is 1. The molecule has 0 bridgehead atoms. The summed E-state index contributed by atoms with van der Waals surface area (Å²) < 4.78 is 6.42. The highest BCUT2D eigenvalue weighted by Crippen LogP contribution is 2.20. The summed E-state index contributed by atoms with van der Waals surface area (Å²) in [6.07, 6.45) is 1.51. The highest BCUT2D eigenvalue weighted by Gasteiger charge is 2.30. The second-order valence-electron chi connectivity index (χ2n) is 5.16. The van der Waals surface area contributed by atoms with Crippen molar-refractivity contribution >= 4 is 17.7 Å². The van der Waals surface area contributed by atoms with Crippen molar-refractivity contribution in [2.75, 3.05) is 12.4 Å². The van der Waals surface area contributed by atoms with E-state index >= 15 is 0 Å². The van der Waals surface area contributed by atoms with E-state index in [4.69, 9.17) is 9.84 Å². The normalized spacial score (nSPS) is 11.0. The van der Waals surface area contributed by atoms with Crippen LogP contribution in [0.25, 0.3) is 0 Å². The van der Waals surface area contributed by atoms with Crippen LogP contribution in [0.3, 0.4) is 0 Å². The lowest BCUT2D eigenvalue weighted by Crippen LogP contribution is -2.36. The predicted octanol–water partition coefficient (Wildman–Crippen LogP) is 1.96. The number of amides is 1. The maximum atomic E-state index is 12.2. The molecule has 7 nitrogen and oxygen atoms in total. The molecule has 0 radical (unpaired) electrons. The summed E-state index contributed by atoms with van der Waals surface area (Å²) in [6, 6.07) is 8.34. The van der Waals surface area contributed by atoms with Gasteiger partial charge in [-0.15, -0.1) is 0 Å². The average molecular weight is 303 g/mol. The third-order valence-electron chi connectivity index (χ3n) is 3.28. The summed E-state index contributed by atoms with van der Waals surface area (Å²) >= 11 is 0. The van der Waals surface area contributed by atoms with Gasteiger partial charge in [0.15, 0.2) is 11.4 Å². The number of hydrogen-bond acceptors (Lipinski definition) is 4. The molecule has 0 fully saturated rings. The number of aliphatic carboxylic acids is 1. The summed E-state index contributed by atoms with van der Waals surface area (Å²) in [7, 11) is 1.48. The highest BCUT2D eigenvalue weighted by atomic mass is 16.5. The number of carbonyl (C=O) groups excluding carboxylic acids is 1. The monoisotopic (exact) mass is 303 g/mol. The first-order valence-corrected chi connectivity index (χ1v) is 6.60. The molecule has 0 spiro atoms. The van der Waals surface area contributed by atoms with Crippen LogP contribution < -0.4 is 10.1 Å². The standard InChI is InChI=1S/C15H17N3O4/c1-15(2,14(20)21)18-9-8-12(17-18)16-13(19)10-6-4-5-7-11(10)22-3/h4-9H,1-3H3,(H,20,21)(H,16,17,19). The molecule has 1 aromatic heterocycles. The van der Waals surface area contributed by atoms with Crippen LogP contribution in [0.2, 0.25) is 0 Å². The van der Waals surface area contributed by atoms with Crippen LogP contribution in [0.5, 0.6) is 5.75 Å². The van der Waals surface area contributed by atoms with Crippen molar-refractivity contribution in [3.05, 3.63) is 42.1 Å². The van der Waals surface area contributed by atoms with Gasteiger partial charge in [-0.25, -0.2) is 4.79 Å². The van der Waals surface area contributed by atoms with Gasteiger partial charge in [0.2, 0.25) is 0 Å². The molecule has 2 aromatic rings. The molecule has 7 heteroatoms. The molecule has 0 atom stereocenters. The van der Waals surface area contributed by atoms with Crippen molar-refractivity contribution in [2.24, 2.45) is 0 Å². The third kappa shape index (κ3) is 2.93. The number of ether oxygens (including phenoxy) is 1. The largest absolute Gasteiger partial charge is 0.496 e. The summed E-state index contributed by atoms with van der Waals surface area (Å²) in [5, 5.41) is 15.9. The molecule has 1 aromatic carbocycles. The molecule has 0 saturated carbocycles. The molecule has 0 aliphatic carbocycles. The van der Waals surface area contributed by atoms with Crippen LogP contribution in [0.4, 0.5) is 5.82 Å². The average Bonchev–Trinajstić information content (AvgIpc) is 2.96. The Hall–Kier alpha value is -2.83. The van der Waals surface area contributed by atoms with Gasteiger partial charge in [-0.05, 0) is 26.0 Å². The molecule has 0 unspecified atom stereocenters. The van der Waals surface area contributed by atoms with Gasteiger partial charge < -0.3 is 15.2 Å². The van der Waals surface area contributed by atoms with Crippen molar-refractivity contribution in [1.82, 2.24) is 9.78 Å². The molecule has 0 aliphatic heterocycles. The molecule has 1 amide bonds. The molecule has 1 heterocycles. The molecular weight excluding hydrogens is 286 g/mol. The number of aromatic nitrogens is 2. The van der Waals surface area contributed by atoms with Gasteiger partial charge in [0, 0.05) is 12.3 Å². The summed E-state index contributed by atoms with van der Waals surface area (Å²) in [5.41, 5.74) is -0.829. The number of hydrogen-bond donors (Lipinski definition) is 2. The summed E-state index contributed by atoms with van der Waals surface area (Å²) in [5.74, 6) is -0.676. The molecule has 2 N–H and O–H groups in total. The second kappa shape index (κ2) is 5.88. The number of benzene rings is 1. The summed E-state index contributed by atoms with van der Waals surface area (Å²) in [4.78, 5) is 23.4. The fraction of sp³-hybridized carbons (Fsp3) is 0.267. The van der Waals surface area contributed by atoms with E-state index in [0.717, 1.165) is 0 Å². The second-order valence-corrected chi connectivity index (χ2v) is 5.16. The van der Waals surface area contributed by atoms with Gasteiger partial charge >= 0.3 is 5.97 Å². The van der Waals surface area contributed by atoms with E-state index in [1.54, 1.807) is 24.3 Å². The summed E-state index contributed by atoms with van der Waals surface area (Å²) in [6.45, 7) is 3.04. The van der Waals surface area contributed by atoms with Gasteiger partial charge in [0.05, 0.1) is 12.7 Å². The first kappa shape index (κ1) is 15.6. The van der Waals surface area contributed by atoms with Crippen molar-refractivity contribution in [3.63, 3.8) is 0 Å². The lowest BCUT2D eigenvalue weighted by molar-refractivity contribution is -0.146. The van der Waals surface area contributed by atoms with Gasteiger partial charge in [-0.3, -0.25) is 9.48 Å². The van der Waals surface area contributed by atoms with Gasteiger partial charge in [0.25, 0.3) is 5.91 Å². The maximum absolute atomic E-state index is 12.2. The van der Waals surface area contributed by atoms with Crippen LogP contribution in [-0.2, 0) is 10.3 Å². The number of carbonyl (C=O) groups is 2. The number of para-hydroxylation sites is 1. The molecule has 2 rings (SSSR count). The Morgan fingerprint density at radius 1 is 1.27 bits per heavy atom. The van der Waals surface area contributed by atoms with Crippen molar-refractivity contribution in [2.45, 2.75) is 19.4 Å². The van der Waals surface area contributed by atoms with Gasteiger partial charge in [0.1, 0.15) is 5.75 Å². The van der Waals surface area contributed by atoms with Crippen LogP contribution in [0, 0.1) is 0 Å². The van der Waals surface area contributed by atoms with E-state index < -0.39 is 11.5 Å². The van der Waals surface area contributed by atoms with E-state index in [-0.39, 0.29) is 11.7 Å². The third-order valence-corrected chi connectivity index (χ3v) is 3.28. The number of carboxylic acids is 1. The van der Waals surface area contributed by atoms with E-state index in [0.29, 0.717) is 11.3 Å². The number of methoxy groups -OCH3 is 1. The Balaban J connectivity index is 2.20. The minimum Gasteiger partial charge on any atom is -0.496 e. The molecular formula is C15H17N3O4. The lowest BCUT2D eigenvalue weighted by Gasteiger charge is -2.19. The minimum absolute atomic E-state index is 0.269. The van der Waals surface area contributed by atoms with Crippen LogP contribution in [-0.4, -0.2) is 33.9 Å². The Labute approximate surface area is 127 Å². The van der Waals surface area contributed by atoms with E-state index in [2.05, 4.69) is 10.4 Å². The van der Waals surface area contributed by atoms with Gasteiger partial charge in [-0.1, -0.05) is 12.1 Å². The topological polar surface area (TPSA) is 93.5 Å².